The first kappa shape index (κ1) is 12.8. The van der Waals surface area contributed by atoms with E-state index in [0.29, 0.717) is 6.42 Å². The maximum Gasteiger partial charge on any atom is 0.233 e. The molecule has 0 aromatic rings. The lowest BCUT2D eigenvalue weighted by molar-refractivity contribution is -0.127. The highest BCUT2D eigenvalue weighted by Crippen LogP contribution is 2.45. The Morgan fingerprint density at radius 1 is 1.69 bits per heavy atom. The lowest BCUT2D eigenvalue weighted by Gasteiger charge is -2.25. The van der Waals surface area contributed by atoms with E-state index in [9.17, 15) is 4.79 Å². The second kappa shape index (κ2) is 3.96. The van der Waals surface area contributed by atoms with Gasteiger partial charge in [-0.25, -0.2) is 0 Å². The molecular formula is C11H21N3O2. The Kier molecular flexibility index (Phi) is 3.17. The molecule has 0 aromatic carbocycles. The SMILES string of the molecule is CCC(C)(C(=O)NC1CC1(C)C)C(N)=NO. The van der Waals surface area contributed by atoms with E-state index in [1.54, 1.807) is 6.92 Å². The number of hydrogen-bond donors (Lipinski definition) is 3. The van der Waals surface area contributed by atoms with Crippen molar-refractivity contribution in [3.63, 3.8) is 0 Å². The van der Waals surface area contributed by atoms with Crippen molar-refractivity contribution in [3.8, 4) is 0 Å². The van der Waals surface area contributed by atoms with Crippen LogP contribution in [0.25, 0.3) is 0 Å². The second-order valence-corrected chi connectivity index (χ2v) is 5.39. The molecule has 2 atom stereocenters. The van der Waals surface area contributed by atoms with Crippen molar-refractivity contribution in [1.29, 1.82) is 0 Å². The molecule has 1 saturated carbocycles. The van der Waals surface area contributed by atoms with Gasteiger partial charge < -0.3 is 16.3 Å². The molecule has 0 heterocycles. The summed E-state index contributed by atoms with van der Waals surface area (Å²) >= 11 is 0. The topological polar surface area (TPSA) is 87.7 Å². The van der Waals surface area contributed by atoms with E-state index in [2.05, 4.69) is 24.3 Å². The van der Waals surface area contributed by atoms with E-state index in [1.807, 2.05) is 6.92 Å². The smallest absolute Gasteiger partial charge is 0.233 e. The minimum atomic E-state index is -0.923. The number of nitrogens with zero attached hydrogens (tertiary/aromatic N) is 1. The van der Waals surface area contributed by atoms with Crippen LogP contribution in [0.1, 0.15) is 40.5 Å². The van der Waals surface area contributed by atoms with Gasteiger partial charge >= 0.3 is 0 Å². The van der Waals surface area contributed by atoms with Gasteiger partial charge in [0.25, 0.3) is 0 Å². The molecule has 0 aromatic heterocycles. The molecule has 0 saturated heterocycles. The van der Waals surface area contributed by atoms with Crippen LogP contribution in [0.3, 0.4) is 0 Å². The number of nitrogens with one attached hydrogen (secondary N) is 1. The summed E-state index contributed by atoms with van der Waals surface area (Å²) in [4.78, 5) is 12.1. The molecule has 16 heavy (non-hydrogen) atoms. The zero-order valence-corrected chi connectivity index (χ0v) is 10.4. The van der Waals surface area contributed by atoms with E-state index in [4.69, 9.17) is 10.9 Å². The van der Waals surface area contributed by atoms with E-state index < -0.39 is 5.41 Å². The lowest BCUT2D eigenvalue weighted by Crippen LogP contribution is -2.48. The molecule has 1 aliphatic rings. The fraction of sp³-hybridized carbons (Fsp3) is 0.818. The van der Waals surface area contributed by atoms with E-state index >= 15 is 0 Å². The van der Waals surface area contributed by atoms with Gasteiger partial charge in [-0.3, -0.25) is 4.79 Å². The van der Waals surface area contributed by atoms with Crippen molar-refractivity contribution in [2.75, 3.05) is 0 Å². The second-order valence-electron chi connectivity index (χ2n) is 5.39. The highest BCUT2D eigenvalue weighted by atomic mass is 16.4. The molecule has 1 amide bonds. The van der Waals surface area contributed by atoms with Gasteiger partial charge in [0, 0.05) is 6.04 Å². The van der Waals surface area contributed by atoms with Crippen molar-refractivity contribution < 1.29 is 10.0 Å². The Balaban J connectivity index is 2.71. The van der Waals surface area contributed by atoms with Crippen LogP contribution in [0.2, 0.25) is 0 Å². The quantitative estimate of drug-likeness (QED) is 0.290. The Labute approximate surface area is 96.1 Å². The molecular weight excluding hydrogens is 206 g/mol. The number of carbonyl (C=O) groups excluding carboxylic acids is 1. The average Bonchev–Trinajstić information content (AvgIpc) is 2.83. The number of rotatable bonds is 4. The molecule has 0 radical (unpaired) electrons. The van der Waals surface area contributed by atoms with Crippen LogP contribution in [-0.2, 0) is 4.79 Å². The standard InChI is InChI=1S/C11H21N3O2/c1-5-11(4,8(12)14-16)9(15)13-7-6-10(7,2)3/h7,16H,5-6H2,1-4H3,(H2,12,14)(H,13,15). The number of carbonyl (C=O) groups is 1. The highest BCUT2D eigenvalue weighted by Gasteiger charge is 2.49. The van der Waals surface area contributed by atoms with Gasteiger partial charge in [0.05, 0.1) is 0 Å². The third-order valence-electron chi connectivity index (χ3n) is 3.70. The highest BCUT2D eigenvalue weighted by molar-refractivity contribution is 6.06. The molecule has 1 aliphatic carbocycles. The Morgan fingerprint density at radius 3 is 2.50 bits per heavy atom. The minimum Gasteiger partial charge on any atom is -0.409 e. The fourth-order valence-corrected chi connectivity index (χ4v) is 1.60. The van der Waals surface area contributed by atoms with Gasteiger partial charge in [-0.15, -0.1) is 0 Å². The monoisotopic (exact) mass is 227 g/mol. The molecule has 0 bridgehead atoms. The number of oxime groups is 1. The van der Waals surface area contributed by atoms with Crippen molar-refractivity contribution in [2.24, 2.45) is 21.7 Å². The number of amidine groups is 1. The molecule has 2 unspecified atom stereocenters. The summed E-state index contributed by atoms with van der Waals surface area (Å²) < 4.78 is 0. The minimum absolute atomic E-state index is 0.0362. The molecule has 0 spiro atoms. The third-order valence-corrected chi connectivity index (χ3v) is 3.70. The van der Waals surface area contributed by atoms with Gasteiger partial charge in [-0.2, -0.15) is 0 Å². The zero-order valence-electron chi connectivity index (χ0n) is 10.4. The maximum absolute atomic E-state index is 12.1. The summed E-state index contributed by atoms with van der Waals surface area (Å²) in [6.45, 7) is 7.73. The van der Waals surface area contributed by atoms with Crippen molar-refractivity contribution in [1.82, 2.24) is 5.32 Å². The Bertz CT molecular complexity index is 325. The maximum atomic E-state index is 12.1. The van der Waals surface area contributed by atoms with Crippen molar-refractivity contribution >= 4 is 11.7 Å². The summed E-state index contributed by atoms with van der Waals surface area (Å²) in [5.41, 5.74) is 4.82. The van der Waals surface area contributed by atoms with Crippen LogP contribution in [0.15, 0.2) is 5.16 Å². The van der Waals surface area contributed by atoms with E-state index in [0.717, 1.165) is 6.42 Å². The zero-order chi connectivity index (χ0) is 12.6. The summed E-state index contributed by atoms with van der Waals surface area (Å²) in [7, 11) is 0. The van der Waals surface area contributed by atoms with Gasteiger partial charge in [0.2, 0.25) is 5.91 Å². The summed E-state index contributed by atoms with van der Waals surface area (Å²) in [5, 5.41) is 14.6. The first-order valence-corrected chi connectivity index (χ1v) is 5.57. The number of hydrogen-bond acceptors (Lipinski definition) is 3. The van der Waals surface area contributed by atoms with Crippen LogP contribution in [0.4, 0.5) is 0 Å². The summed E-state index contributed by atoms with van der Waals surface area (Å²) in [6, 6.07) is 0.206. The molecule has 5 nitrogen and oxygen atoms in total. The fourth-order valence-electron chi connectivity index (χ4n) is 1.60. The average molecular weight is 227 g/mol. The molecule has 92 valence electrons. The van der Waals surface area contributed by atoms with Gasteiger partial charge in [-0.1, -0.05) is 25.9 Å². The van der Waals surface area contributed by atoms with Crippen LogP contribution >= 0.6 is 0 Å². The van der Waals surface area contributed by atoms with Gasteiger partial charge in [0.1, 0.15) is 5.41 Å². The van der Waals surface area contributed by atoms with Gasteiger partial charge in [-0.05, 0) is 25.2 Å². The molecule has 1 fully saturated rings. The van der Waals surface area contributed by atoms with Gasteiger partial charge in [0.15, 0.2) is 5.84 Å². The molecule has 1 rings (SSSR count). The third kappa shape index (κ3) is 2.13. The van der Waals surface area contributed by atoms with E-state index in [-0.39, 0.29) is 23.2 Å². The van der Waals surface area contributed by atoms with E-state index in [1.165, 1.54) is 0 Å². The molecule has 5 heteroatoms. The van der Waals surface area contributed by atoms with Crippen LogP contribution in [0.5, 0.6) is 0 Å². The predicted molar refractivity (Wildman–Crippen MR) is 62.1 cm³/mol. The first-order valence-electron chi connectivity index (χ1n) is 5.57. The summed E-state index contributed by atoms with van der Waals surface area (Å²) in [5.74, 6) is -0.202. The first-order chi connectivity index (χ1) is 7.28. The normalized spacial score (nSPS) is 27.0. The van der Waals surface area contributed by atoms with Crippen molar-refractivity contribution in [2.45, 2.75) is 46.6 Å². The Morgan fingerprint density at radius 2 is 2.19 bits per heavy atom. The number of nitrogens with two attached hydrogens (primary N) is 1. The van der Waals surface area contributed by atoms with Crippen LogP contribution in [0, 0.1) is 10.8 Å². The number of amides is 1. The lowest BCUT2D eigenvalue weighted by atomic mass is 9.85. The molecule has 4 N–H and O–H groups in total. The summed E-state index contributed by atoms with van der Waals surface area (Å²) in [6.07, 6.45) is 1.48. The molecule has 0 aliphatic heterocycles. The van der Waals surface area contributed by atoms with Crippen LogP contribution in [-0.4, -0.2) is 23.0 Å². The van der Waals surface area contributed by atoms with Crippen molar-refractivity contribution in [3.05, 3.63) is 0 Å². The largest absolute Gasteiger partial charge is 0.409 e. The Hall–Kier alpha value is -1.26. The predicted octanol–water partition coefficient (Wildman–Crippen LogP) is 1.06. The van der Waals surface area contributed by atoms with Crippen LogP contribution < -0.4 is 11.1 Å².